The van der Waals surface area contributed by atoms with Gasteiger partial charge in [0.05, 0.1) is 0 Å². The summed E-state index contributed by atoms with van der Waals surface area (Å²) in [7, 11) is 0. The fourth-order valence-corrected chi connectivity index (χ4v) is 3.72. The highest BCUT2D eigenvalue weighted by atomic mass is 16.2. The molecule has 1 aliphatic carbocycles. The maximum absolute atomic E-state index is 12.3. The zero-order chi connectivity index (χ0) is 16.4. The molecule has 3 rings (SSSR count). The molecule has 1 saturated heterocycles. The number of hydrogen-bond donors (Lipinski definition) is 1. The Kier molecular flexibility index (Phi) is 4.94. The number of nitrogens with one attached hydrogen (secondary N) is 1. The van der Waals surface area contributed by atoms with Crippen LogP contribution < -0.4 is 5.32 Å². The van der Waals surface area contributed by atoms with E-state index in [1.807, 2.05) is 0 Å². The van der Waals surface area contributed by atoms with Gasteiger partial charge in [-0.2, -0.15) is 0 Å². The second-order valence-corrected chi connectivity index (χ2v) is 7.48. The Morgan fingerprint density at radius 1 is 1.35 bits per heavy atom. The summed E-state index contributed by atoms with van der Waals surface area (Å²) in [6.07, 6.45) is 4.13. The average molecular weight is 320 g/mol. The van der Waals surface area contributed by atoms with Gasteiger partial charge in [0.1, 0.15) is 12.4 Å². The summed E-state index contributed by atoms with van der Waals surface area (Å²) in [6.45, 7) is 9.78. The zero-order valence-electron chi connectivity index (χ0n) is 14.4. The molecule has 0 unspecified atom stereocenters. The van der Waals surface area contributed by atoms with Gasteiger partial charge in [-0.05, 0) is 47.9 Å². The van der Waals surface area contributed by atoms with Crippen molar-refractivity contribution in [3.63, 3.8) is 0 Å². The molecule has 0 radical (unpaired) electrons. The van der Waals surface area contributed by atoms with Crippen molar-refractivity contribution in [1.29, 1.82) is 0 Å². The largest absolute Gasteiger partial charge is 0.350 e. The molecule has 2 aliphatic rings. The van der Waals surface area contributed by atoms with Gasteiger partial charge < -0.3 is 10.2 Å². The van der Waals surface area contributed by atoms with Crippen molar-refractivity contribution < 1.29 is 4.79 Å². The van der Waals surface area contributed by atoms with Crippen molar-refractivity contribution >= 4 is 5.91 Å². The molecule has 2 atom stereocenters. The molecular weight excluding hydrogens is 292 g/mol. The van der Waals surface area contributed by atoms with Crippen LogP contribution in [0.25, 0.3) is 0 Å². The van der Waals surface area contributed by atoms with Crippen LogP contribution in [0.2, 0.25) is 0 Å². The van der Waals surface area contributed by atoms with Gasteiger partial charge >= 0.3 is 0 Å². The second-order valence-electron chi connectivity index (χ2n) is 7.48. The van der Waals surface area contributed by atoms with Crippen LogP contribution in [0.15, 0.2) is 0 Å². The van der Waals surface area contributed by atoms with Crippen LogP contribution in [0.1, 0.15) is 38.9 Å². The van der Waals surface area contributed by atoms with Crippen LogP contribution in [-0.2, 0) is 11.3 Å². The van der Waals surface area contributed by atoms with Gasteiger partial charge in [0.15, 0.2) is 0 Å². The van der Waals surface area contributed by atoms with Crippen LogP contribution in [0.3, 0.4) is 0 Å². The summed E-state index contributed by atoms with van der Waals surface area (Å²) < 4.78 is 1.54. The van der Waals surface area contributed by atoms with Crippen LogP contribution in [0, 0.1) is 24.7 Å². The molecular formula is C16H28N6O. The van der Waals surface area contributed by atoms with Crippen molar-refractivity contribution in [2.24, 2.45) is 17.8 Å². The van der Waals surface area contributed by atoms with Gasteiger partial charge in [-0.15, -0.1) is 5.10 Å². The van der Waals surface area contributed by atoms with E-state index >= 15 is 0 Å². The number of nitrogens with zero attached hydrogens (tertiary/aromatic N) is 5. The Bertz CT molecular complexity index is 538. The average Bonchev–Trinajstić information content (AvgIpc) is 3.01. The summed E-state index contributed by atoms with van der Waals surface area (Å²) in [6, 6.07) is 0.236. The third-order valence-electron chi connectivity index (χ3n) is 5.39. The first kappa shape index (κ1) is 16.4. The maximum atomic E-state index is 12.3. The molecule has 1 amide bonds. The van der Waals surface area contributed by atoms with E-state index < -0.39 is 0 Å². The Labute approximate surface area is 137 Å². The minimum atomic E-state index is 0.00143. The van der Waals surface area contributed by atoms with Gasteiger partial charge in [-0.3, -0.25) is 4.79 Å². The Morgan fingerprint density at radius 3 is 2.70 bits per heavy atom. The Hall–Kier alpha value is -1.50. The number of rotatable bonds is 6. The molecule has 23 heavy (non-hydrogen) atoms. The van der Waals surface area contributed by atoms with Crippen LogP contribution in [0.5, 0.6) is 0 Å². The first-order chi connectivity index (χ1) is 11.0. The van der Waals surface area contributed by atoms with E-state index in [9.17, 15) is 4.79 Å². The molecule has 7 nitrogen and oxygen atoms in total. The molecule has 0 bridgehead atoms. The van der Waals surface area contributed by atoms with Crippen molar-refractivity contribution in [3.8, 4) is 0 Å². The van der Waals surface area contributed by atoms with Crippen molar-refractivity contribution in [3.05, 3.63) is 5.82 Å². The maximum Gasteiger partial charge on any atom is 0.242 e. The van der Waals surface area contributed by atoms with E-state index in [0.717, 1.165) is 19.0 Å². The number of aryl methyl sites for hydroxylation is 1. The number of amides is 1. The van der Waals surface area contributed by atoms with Crippen LogP contribution in [0.4, 0.5) is 0 Å². The summed E-state index contributed by atoms with van der Waals surface area (Å²) in [5, 5.41) is 14.5. The lowest BCUT2D eigenvalue weighted by Gasteiger charge is -2.30. The van der Waals surface area contributed by atoms with E-state index in [1.54, 1.807) is 11.6 Å². The van der Waals surface area contributed by atoms with Gasteiger partial charge in [-0.25, -0.2) is 4.68 Å². The van der Waals surface area contributed by atoms with E-state index in [1.165, 1.54) is 25.8 Å². The number of tetrazole rings is 1. The summed E-state index contributed by atoms with van der Waals surface area (Å²) in [4.78, 5) is 14.9. The third kappa shape index (κ3) is 3.88. The summed E-state index contributed by atoms with van der Waals surface area (Å²) >= 11 is 0. The molecule has 128 valence electrons. The first-order valence-electron chi connectivity index (χ1n) is 8.77. The molecule has 1 N–H and O–H groups in total. The molecule has 0 aromatic carbocycles. The second kappa shape index (κ2) is 6.95. The molecule has 2 heterocycles. The van der Waals surface area contributed by atoms with E-state index in [2.05, 4.69) is 39.6 Å². The number of aromatic nitrogens is 4. The number of carbonyl (C=O) groups excluding carboxylic acids is 1. The predicted molar refractivity (Wildman–Crippen MR) is 86.6 cm³/mol. The lowest BCUT2D eigenvalue weighted by atomic mass is 9.85. The van der Waals surface area contributed by atoms with Gasteiger partial charge in [0.25, 0.3) is 0 Å². The van der Waals surface area contributed by atoms with Crippen molar-refractivity contribution in [2.45, 2.75) is 52.6 Å². The van der Waals surface area contributed by atoms with Crippen molar-refractivity contribution in [1.82, 2.24) is 30.4 Å². The molecule has 7 heteroatoms. The monoisotopic (exact) mass is 320 g/mol. The standard InChI is InChI=1S/C16H28N6O/c1-11(2)14-8-21(7-13-5-4-6-13)9-15(14)17-16(23)10-22-12(3)18-19-20-22/h11,13-15H,4-10H2,1-3H3,(H,17,23)/t14-,15+/m1/s1. The number of hydrogen-bond acceptors (Lipinski definition) is 5. The number of likely N-dealkylation sites (tertiary alicyclic amines) is 1. The molecule has 0 spiro atoms. The van der Waals surface area contributed by atoms with E-state index in [4.69, 9.17) is 0 Å². The minimum Gasteiger partial charge on any atom is -0.350 e. The molecule has 1 aromatic rings. The minimum absolute atomic E-state index is 0.00143. The lowest BCUT2D eigenvalue weighted by Crippen LogP contribution is -2.43. The third-order valence-corrected chi connectivity index (χ3v) is 5.39. The normalized spacial score (nSPS) is 25.7. The number of carbonyl (C=O) groups is 1. The quantitative estimate of drug-likeness (QED) is 0.841. The van der Waals surface area contributed by atoms with Gasteiger partial charge in [0.2, 0.25) is 5.91 Å². The Morgan fingerprint density at radius 2 is 2.13 bits per heavy atom. The summed E-state index contributed by atoms with van der Waals surface area (Å²) in [5.41, 5.74) is 0. The van der Waals surface area contributed by atoms with E-state index in [0.29, 0.717) is 17.7 Å². The van der Waals surface area contributed by atoms with Crippen LogP contribution in [-0.4, -0.2) is 56.7 Å². The van der Waals surface area contributed by atoms with E-state index in [-0.39, 0.29) is 18.5 Å². The fraction of sp³-hybridized carbons (Fsp3) is 0.875. The van der Waals surface area contributed by atoms with Gasteiger partial charge in [-0.1, -0.05) is 20.3 Å². The lowest BCUT2D eigenvalue weighted by molar-refractivity contribution is -0.122. The molecule has 1 saturated carbocycles. The first-order valence-corrected chi connectivity index (χ1v) is 8.77. The highest BCUT2D eigenvalue weighted by Crippen LogP contribution is 2.31. The predicted octanol–water partition coefficient (Wildman–Crippen LogP) is 0.854. The smallest absolute Gasteiger partial charge is 0.242 e. The molecule has 2 fully saturated rings. The molecule has 1 aromatic heterocycles. The zero-order valence-corrected chi connectivity index (χ0v) is 14.4. The molecule has 1 aliphatic heterocycles. The van der Waals surface area contributed by atoms with Crippen molar-refractivity contribution in [2.75, 3.05) is 19.6 Å². The Balaban J connectivity index is 1.55. The SMILES string of the molecule is Cc1nnnn1CC(=O)N[C@H]1CN(CC2CCC2)C[C@@H]1C(C)C. The van der Waals surface area contributed by atoms with Gasteiger partial charge in [0, 0.05) is 25.7 Å². The highest BCUT2D eigenvalue weighted by Gasteiger charge is 2.36. The topological polar surface area (TPSA) is 75.9 Å². The summed E-state index contributed by atoms with van der Waals surface area (Å²) in [5.74, 6) is 2.64. The fourth-order valence-electron chi connectivity index (χ4n) is 3.72. The van der Waals surface area contributed by atoms with Crippen LogP contribution >= 0.6 is 0 Å². The highest BCUT2D eigenvalue weighted by molar-refractivity contribution is 5.76.